The van der Waals surface area contributed by atoms with Crippen LogP contribution in [0, 0.1) is 13.8 Å². The van der Waals surface area contributed by atoms with E-state index >= 15 is 0 Å². The van der Waals surface area contributed by atoms with Crippen LogP contribution in [0.3, 0.4) is 0 Å². The molecule has 0 saturated heterocycles. The summed E-state index contributed by atoms with van der Waals surface area (Å²) in [5.74, 6) is 1.97. The minimum atomic E-state index is 0. The van der Waals surface area contributed by atoms with E-state index in [2.05, 4.69) is 16.4 Å². The van der Waals surface area contributed by atoms with Crippen molar-refractivity contribution in [3.05, 3.63) is 53.6 Å². The molecule has 0 atom stereocenters. The van der Waals surface area contributed by atoms with Gasteiger partial charge in [0.25, 0.3) is 0 Å². The lowest BCUT2D eigenvalue weighted by Crippen LogP contribution is -2.23. The quantitative estimate of drug-likeness (QED) is 0.310. The molecule has 0 heterocycles. The molecular weight excluding hydrogens is 417 g/mol. The first-order chi connectivity index (χ1) is 11.1. The van der Waals surface area contributed by atoms with E-state index in [0.29, 0.717) is 19.1 Å². The summed E-state index contributed by atoms with van der Waals surface area (Å²) >= 11 is 0. The van der Waals surface area contributed by atoms with Crippen LogP contribution in [0.2, 0.25) is 0 Å². The Kier molecular flexibility index (Phi) is 8.39. The number of hydrogen-bond donors (Lipinski definition) is 2. The van der Waals surface area contributed by atoms with Gasteiger partial charge in [-0.2, -0.15) is 0 Å². The molecule has 3 N–H and O–H groups in total. The van der Waals surface area contributed by atoms with Gasteiger partial charge in [0.2, 0.25) is 0 Å². The normalized spacial score (nSPS) is 10.7. The van der Waals surface area contributed by atoms with Gasteiger partial charge in [-0.25, -0.2) is 4.99 Å². The van der Waals surface area contributed by atoms with E-state index < -0.39 is 0 Å². The number of rotatable bonds is 6. The van der Waals surface area contributed by atoms with E-state index in [-0.39, 0.29) is 24.0 Å². The van der Waals surface area contributed by atoms with Crippen molar-refractivity contribution in [2.75, 3.05) is 25.6 Å². The number of benzene rings is 2. The molecule has 0 spiro atoms. The zero-order valence-corrected chi connectivity index (χ0v) is 16.5. The molecule has 2 aromatic carbocycles. The van der Waals surface area contributed by atoms with Gasteiger partial charge in [0, 0.05) is 5.69 Å². The number of guanidine groups is 1. The monoisotopic (exact) mass is 441 g/mol. The summed E-state index contributed by atoms with van der Waals surface area (Å²) in [5, 5.41) is 3.09. The first-order valence-corrected chi connectivity index (χ1v) is 7.49. The fraction of sp³-hybridized carbons (Fsp3) is 0.278. The fourth-order valence-electron chi connectivity index (χ4n) is 2.24. The molecule has 0 aromatic heterocycles. The highest BCUT2D eigenvalue weighted by atomic mass is 127. The highest BCUT2D eigenvalue weighted by Crippen LogP contribution is 2.17. The second kappa shape index (κ2) is 10.0. The molecule has 0 fully saturated rings. The number of nitrogens with zero attached hydrogens (tertiary/aromatic N) is 1. The predicted octanol–water partition coefficient (Wildman–Crippen LogP) is 3.74. The van der Waals surface area contributed by atoms with Crippen LogP contribution in [0.1, 0.15) is 11.1 Å². The van der Waals surface area contributed by atoms with E-state index in [1.807, 2.05) is 50.2 Å². The topological polar surface area (TPSA) is 68.9 Å². The highest BCUT2D eigenvalue weighted by molar-refractivity contribution is 14.0. The van der Waals surface area contributed by atoms with Crippen molar-refractivity contribution in [3.8, 4) is 11.5 Å². The standard InChI is InChI=1S/C18H23N3O2.HI/c1-13-10-14(2)12-15(11-13)21-18(19)20-8-9-23-17-6-4-16(22-3)5-7-17;/h4-7,10-12H,8-9H2,1-3H3,(H3,19,20,21);1H. The number of ether oxygens (including phenoxy) is 2. The maximum absolute atomic E-state index is 5.89. The number of halogens is 1. The number of nitrogens with two attached hydrogens (primary N) is 1. The number of aliphatic imine (C=N–C) groups is 1. The average Bonchev–Trinajstić information content (AvgIpc) is 2.51. The lowest BCUT2D eigenvalue weighted by molar-refractivity contribution is 0.327. The third-order valence-corrected chi connectivity index (χ3v) is 3.20. The molecule has 6 heteroatoms. The number of nitrogens with one attached hydrogen (secondary N) is 1. The molecular formula is C18H24IN3O2. The molecule has 130 valence electrons. The zero-order valence-electron chi connectivity index (χ0n) is 14.2. The smallest absolute Gasteiger partial charge is 0.193 e. The Labute approximate surface area is 160 Å². The minimum absolute atomic E-state index is 0. The molecule has 0 aliphatic carbocycles. The first kappa shape index (κ1) is 20.1. The fourth-order valence-corrected chi connectivity index (χ4v) is 2.24. The van der Waals surface area contributed by atoms with E-state index in [0.717, 1.165) is 17.2 Å². The van der Waals surface area contributed by atoms with Crippen LogP contribution in [-0.2, 0) is 0 Å². The first-order valence-electron chi connectivity index (χ1n) is 7.49. The van der Waals surface area contributed by atoms with Gasteiger partial charge in [-0.15, -0.1) is 24.0 Å². The Hall–Kier alpha value is -1.96. The van der Waals surface area contributed by atoms with Crippen molar-refractivity contribution < 1.29 is 9.47 Å². The van der Waals surface area contributed by atoms with Crippen LogP contribution < -0.4 is 20.5 Å². The van der Waals surface area contributed by atoms with E-state index in [1.165, 1.54) is 11.1 Å². The van der Waals surface area contributed by atoms with Crippen LogP contribution in [0.25, 0.3) is 0 Å². The van der Waals surface area contributed by atoms with Gasteiger partial charge in [-0.05, 0) is 61.4 Å². The summed E-state index contributed by atoms with van der Waals surface area (Å²) in [5.41, 5.74) is 9.20. The summed E-state index contributed by atoms with van der Waals surface area (Å²) < 4.78 is 10.7. The Bertz CT molecular complexity index is 652. The van der Waals surface area contributed by atoms with Crippen molar-refractivity contribution in [1.29, 1.82) is 0 Å². The Morgan fingerprint density at radius 2 is 1.62 bits per heavy atom. The molecule has 2 rings (SSSR count). The van der Waals surface area contributed by atoms with Crippen molar-refractivity contribution >= 4 is 35.6 Å². The maximum Gasteiger partial charge on any atom is 0.193 e. The lowest BCUT2D eigenvalue weighted by atomic mass is 10.1. The third-order valence-electron chi connectivity index (χ3n) is 3.20. The second-order valence-corrected chi connectivity index (χ2v) is 5.29. The molecule has 0 unspecified atom stereocenters. The van der Waals surface area contributed by atoms with Crippen molar-refractivity contribution in [1.82, 2.24) is 0 Å². The van der Waals surface area contributed by atoms with Gasteiger partial charge in [0.05, 0.1) is 13.7 Å². The molecule has 0 aliphatic heterocycles. The lowest BCUT2D eigenvalue weighted by Gasteiger charge is -2.09. The van der Waals surface area contributed by atoms with Crippen LogP contribution in [-0.4, -0.2) is 26.2 Å². The van der Waals surface area contributed by atoms with Gasteiger partial charge in [-0.1, -0.05) is 6.07 Å². The molecule has 0 radical (unpaired) electrons. The van der Waals surface area contributed by atoms with Crippen molar-refractivity contribution in [2.24, 2.45) is 10.7 Å². The van der Waals surface area contributed by atoms with Crippen LogP contribution >= 0.6 is 24.0 Å². The Morgan fingerprint density at radius 1 is 1.04 bits per heavy atom. The SMILES string of the molecule is COc1ccc(OCCN=C(N)Nc2cc(C)cc(C)c2)cc1.I. The predicted molar refractivity (Wildman–Crippen MR) is 110 cm³/mol. The summed E-state index contributed by atoms with van der Waals surface area (Å²) in [6, 6.07) is 13.6. The summed E-state index contributed by atoms with van der Waals surface area (Å²) in [6.45, 7) is 5.04. The van der Waals surface area contributed by atoms with Crippen molar-refractivity contribution in [2.45, 2.75) is 13.8 Å². The van der Waals surface area contributed by atoms with Crippen LogP contribution in [0.15, 0.2) is 47.5 Å². The molecule has 0 aliphatic rings. The van der Waals surface area contributed by atoms with Crippen LogP contribution in [0.4, 0.5) is 5.69 Å². The molecule has 0 amide bonds. The van der Waals surface area contributed by atoms with E-state index in [4.69, 9.17) is 15.2 Å². The van der Waals surface area contributed by atoms with Gasteiger partial charge in [0.15, 0.2) is 5.96 Å². The zero-order chi connectivity index (χ0) is 16.7. The van der Waals surface area contributed by atoms with Crippen molar-refractivity contribution in [3.63, 3.8) is 0 Å². The summed E-state index contributed by atoms with van der Waals surface area (Å²) in [7, 11) is 1.63. The van der Waals surface area contributed by atoms with Gasteiger partial charge >= 0.3 is 0 Å². The van der Waals surface area contributed by atoms with Crippen LogP contribution in [0.5, 0.6) is 11.5 Å². The largest absolute Gasteiger partial charge is 0.497 e. The molecule has 0 bridgehead atoms. The average molecular weight is 441 g/mol. The Morgan fingerprint density at radius 3 is 2.21 bits per heavy atom. The number of methoxy groups -OCH3 is 1. The molecule has 24 heavy (non-hydrogen) atoms. The molecule has 0 saturated carbocycles. The summed E-state index contributed by atoms with van der Waals surface area (Å²) in [6.07, 6.45) is 0. The van der Waals surface area contributed by atoms with Gasteiger partial charge in [0.1, 0.15) is 18.1 Å². The molecule has 2 aromatic rings. The van der Waals surface area contributed by atoms with E-state index in [9.17, 15) is 0 Å². The van der Waals surface area contributed by atoms with Gasteiger partial charge < -0.3 is 20.5 Å². The molecule has 5 nitrogen and oxygen atoms in total. The minimum Gasteiger partial charge on any atom is -0.497 e. The Balaban J connectivity index is 0.00000288. The number of anilines is 1. The third kappa shape index (κ3) is 6.66. The second-order valence-electron chi connectivity index (χ2n) is 5.29. The highest BCUT2D eigenvalue weighted by Gasteiger charge is 1.98. The number of aryl methyl sites for hydroxylation is 2. The number of hydrogen-bond acceptors (Lipinski definition) is 3. The summed E-state index contributed by atoms with van der Waals surface area (Å²) in [4.78, 5) is 4.26. The maximum atomic E-state index is 5.89. The van der Waals surface area contributed by atoms with Gasteiger partial charge in [-0.3, -0.25) is 0 Å². The van der Waals surface area contributed by atoms with E-state index in [1.54, 1.807) is 7.11 Å².